The van der Waals surface area contributed by atoms with Crippen molar-refractivity contribution in [2.24, 2.45) is 5.41 Å². The zero-order chi connectivity index (χ0) is 11.1. The summed E-state index contributed by atoms with van der Waals surface area (Å²) in [5, 5.41) is 0.314. The van der Waals surface area contributed by atoms with Crippen LogP contribution in [0.15, 0.2) is 0 Å². The number of alkyl halides is 1. The van der Waals surface area contributed by atoms with E-state index in [0.29, 0.717) is 11.4 Å². The number of nitrogens with zero attached hydrogens (tertiary/aromatic N) is 1. The molecule has 1 aliphatic rings. The second-order valence-electron chi connectivity index (χ2n) is 6.48. The lowest BCUT2D eigenvalue weighted by atomic mass is 9.83. The van der Waals surface area contributed by atoms with Crippen molar-refractivity contribution in [3.63, 3.8) is 0 Å². The number of hydrogen-bond acceptors (Lipinski definition) is 1. The maximum absolute atomic E-state index is 6.42. The predicted octanol–water partition coefficient (Wildman–Crippen LogP) is 3.51. The van der Waals surface area contributed by atoms with Gasteiger partial charge in [-0.15, -0.1) is 11.6 Å². The quantitative estimate of drug-likeness (QED) is 0.562. The van der Waals surface area contributed by atoms with Gasteiger partial charge in [-0.05, 0) is 32.6 Å². The molecule has 1 heterocycles. The van der Waals surface area contributed by atoms with Gasteiger partial charge >= 0.3 is 0 Å². The fourth-order valence-corrected chi connectivity index (χ4v) is 3.13. The standard InChI is InChI=1S/C12H24ClN/c1-11(2,3)10-9(13)7-8-14(10)12(4,5)6/h9-10H,7-8H2,1-6H3/t9-,10+/m1/s1. The molecule has 0 N–H and O–H groups in total. The van der Waals surface area contributed by atoms with E-state index in [-0.39, 0.29) is 11.0 Å². The third kappa shape index (κ3) is 2.43. The number of rotatable bonds is 0. The summed E-state index contributed by atoms with van der Waals surface area (Å²) in [6.45, 7) is 14.8. The molecule has 1 saturated heterocycles. The fourth-order valence-electron chi connectivity index (χ4n) is 2.52. The first-order valence-electron chi connectivity index (χ1n) is 5.55. The lowest BCUT2D eigenvalue weighted by Gasteiger charge is -2.44. The second-order valence-corrected chi connectivity index (χ2v) is 7.04. The van der Waals surface area contributed by atoms with Crippen LogP contribution in [-0.2, 0) is 0 Å². The first kappa shape index (κ1) is 12.3. The van der Waals surface area contributed by atoms with Crippen LogP contribution in [0.2, 0.25) is 0 Å². The van der Waals surface area contributed by atoms with Gasteiger partial charge in [0.05, 0.1) is 5.38 Å². The van der Waals surface area contributed by atoms with Crippen molar-refractivity contribution in [1.29, 1.82) is 0 Å². The van der Waals surface area contributed by atoms with E-state index in [2.05, 4.69) is 46.4 Å². The second kappa shape index (κ2) is 3.68. The van der Waals surface area contributed by atoms with Gasteiger partial charge in [0.15, 0.2) is 0 Å². The molecule has 0 amide bonds. The molecule has 0 unspecified atom stereocenters. The average Bonchev–Trinajstić information content (AvgIpc) is 2.27. The summed E-state index contributed by atoms with van der Waals surface area (Å²) in [4.78, 5) is 2.56. The van der Waals surface area contributed by atoms with Crippen molar-refractivity contribution < 1.29 is 0 Å². The summed E-state index contributed by atoms with van der Waals surface area (Å²) in [6.07, 6.45) is 1.13. The lowest BCUT2D eigenvalue weighted by molar-refractivity contribution is 0.0595. The molecular weight excluding hydrogens is 194 g/mol. The summed E-state index contributed by atoms with van der Waals surface area (Å²) in [5.41, 5.74) is 0.512. The van der Waals surface area contributed by atoms with E-state index in [0.717, 1.165) is 13.0 Å². The molecule has 0 spiro atoms. The van der Waals surface area contributed by atoms with E-state index in [1.54, 1.807) is 0 Å². The highest BCUT2D eigenvalue weighted by Crippen LogP contribution is 2.39. The third-order valence-corrected chi connectivity index (χ3v) is 3.53. The largest absolute Gasteiger partial charge is 0.293 e. The van der Waals surface area contributed by atoms with Crippen LogP contribution < -0.4 is 0 Å². The van der Waals surface area contributed by atoms with Gasteiger partial charge in [0.25, 0.3) is 0 Å². The Morgan fingerprint density at radius 3 is 1.86 bits per heavy atom. The van der Waals surface area contributed by atoms with Crippen molar-refractivity contribution in [3.05, 3.63) is 0 Å². The van der Waals surface area contributed by atoms with Crippen LogP contribution >= 0.6 is 11.6 Å². The molecule has 0 bridgehead atoms. The molecule has 1 rings (SSSR count). The topological polar surface area (TPSA) is 3.24 Å². The van der Waals surface area contributed by atoms with Gasteiger partial charge < -0.3 is 0 Å². The van der Waals surface area contributed by atoms with Gasteiger partial charge in [-0.2, -0.15) is 0 Å². The predicted molar refractivity (Wildman–Crippen MR) is 64.0 cm³/mol. The molecule has 1 nitrogen and oxygen atoms in total. The highest BCUT2D eigenvalue weighted by Gasteiger charge is 2.44. The maximum atomic E-state index is 6.42. The Labute approximate surface area is 93.8 Å². The fraction of sp³-hybridized carbons (Fsp3) is 1.00. The van der Waals surface area contributed by atoms with Crippen LogP contribution in [0.25, 0.3) is 0 Å². The Morgan fingerprint density at radius 2 is 1.57 bits per heavy atom. The zero-order valence-electron chi connectivity index (χ0n) is 10.4. The van der Waals surface area contributed by atoms with E-state index >= 15 is 0 Å². The van der Waals surface area contributed by atoms with E-state index in [4.69, 9.17) is 11.6 Å². The first-order chi connectivity index (χ1) is 6.14. The Bertz CT molecular complexity index is 199. The zero-order valence-corrected chi connectivity index (χ0v) is 11.2. The number of likely N-dealkylation sites (tertiary alicyclic amines) is 1. The van der Waals surface area contributed by atoms with Crippen LogP contribution in [0.4, 0.5) is 0 Å². The molecule has 1 aliphatic heterocycles. The van der Waals surface area contributed by atoms with Gasteiger partial charge in [-0.3, -0.25) is 4.90 Å². The van der Waals surface area contributed by atoms with E-state index in [1.807, 2.05) is 0 Å². The smallest absolute Gasteiger partial charge is 0.0508 e. The van der Waals surface area contributed by atoms with Crippen molar-refractivity contribution in [2.75, 3.05) is 6.54 Å². The van der Waals surface area contributed by atoms with Gasteiger partial charge in [0, 0.05) is 18.1 Å². The SMILES string of the molecule is CC(C)(C)[C@@H]1[C@H](Cl)CCN1C(C)(C)C. The van der Waals surface area contributed by atoms with Gasteiger partial charge in [0.2, 0.25) is 0 Å². The van der Waals surface area contributed by atoms with Gasteiger partial charge in [0.1, 0.15) is 0 Å². The van der Waals surface area contributed by atoms with Crippen molar-refractivity contribution in [3.8, 4) is 0 Å². The number of hydrogen-bond donors (Lipinski definition) is 0. The average molecular weight is 218 g/mol. The summed E-state index contributed by atoms with van der Waals surface area (Å²) < 4.78 is 0. The minimum Gasteiger partial charge on any atom is -0.293 e. The van der Waals surface area contributed by atoms with Gasteiger partial charge in [-0.25, -0.2) is 0 Å². The summed E-state index contributed by atoms with van der Waals surface area (Å²) in [6, 6.07) is 0.504. The molecular formula is C12H24ClN. The Hall–Kier alpha value is 0.250. The molecule has 84 valence electrons. The molecule has 0 aromatic heterocycles. The molecule has 2 heteroatoms. The van der Waals surface area contributed by atoms with Crippen LogP contribution in [-0.4, -0.2) is 28.4 Å². The molecule has 0 aliphatic carbocycles. The van der Waals surface area contributed by atoms with Crippen LogP contribution in [0, 0.1) is 5.41 Å². The van der Waals surface area contributed by atoms with Gasteiger partial charge in [-0.1, -0.05) is 20.8 Å². The minimum atomic E-state index is 0.238. The van der Waals surface area contributed by atoms with E-state index < -0.39 is 0 Å². The Kier molecular flexibility index (Phi) is 3.24. The van der Waals surface area contributed by atoms with Crippen LogP contribution in [0.1, 0.15) is 48.0 Å². The molecule has 0 aromatic carbocycles. The molecule has 0 aromatic rings. The van der Waals surface area contributed by atoms with Crippen LogP contribution in [0.3, 0.4) is 0 Å². The highest BCUT2D eigenvalue weighted by molar-refractivity contribution is 6.21. The monoisotopic (exact) mass is 217 g/mol. The van der Waals surface area contributed by atoms with Crippen molar-refractivity contribution >= 4 is 11.6 Å². The highest BCUT2D eigenvalue weighted by atomic mass is 35.5. The Balaban J connectivity index is 2.88. The molecule has 0 saturated carbocycles. The summed E-state index contributed by atoms with van der Waals surface area (Å²) in [5.74, 6) is 0. The van der Waals surface area contributed by atoms with Crippen LogP contribution in [0.5, 0.6) is 0 Å². The summed E-state index contributed by atoms with van der Waals surface area (Å²) in [7, 11) is 0. The minimum absolute atomic E-state index is 0.238. The first-order valence-corrected chi connectivity index (χ1v) is 5.98. The molecule has 14 heavy (non-hydrogen) atoms. The van der Waals surface area contributed by atoms with E-state index in [1.165, 1.54) is 0 Å². The Morgan fingerprint density at radius 1 is 1.07 bits per heavy atom. The van der Waals surface area contributed by atoms with Crippen molar-refractivity contribution in [2.45, 2.75) is 64.9 Å². The lowest BCUT2D eigenvalue weighted by Crippen LogP contribution is -2.51. The maximum Gasteiger partial charge on any atom is 0.0508 e. The van der Waals surface area contributed by atoms with E-state index in [9.17, 15) is 0 Å². The summed E-state index contributed by atoms with van der Waals surface area (Å²) >= 11 is 6.42. The third-order valence-electron chi connectivity index (χ3n) is 3.07. The molecule has 0 radical (unpaired) electrons. The molecule has 1 fully saturated rings. The number of halogens is 1. The molecule has 2 atom stereocenters. The normalized spacial score (nSPS) is 31.1. The van der Waals surface area contributed by atoms with Crippen molar-refractivity contribution in [1.82, 2.24) is 4.90 Å².